The second-order valence-corrected chi connectivity index (χ2v) is 6.91. The van der Waals surface area contributed by atoms with E-state index < -0.39 is 11.5 Å². The van der Waals surface area contributed by atoms with Crippen molar-refractivity contribution in [1.29, 1.82) is 0 Å². The summed E-state index contributed by atoms with van der Waals surface area (Å²) in [6.45, 7) is 5.64. The Bertz CT molecular complexity index is 957. The van der Waals surface area contributed by atoms with E-state index >= 15 is 0 Å². The highest BCUT2D eigenvalue weighted by atomic mass is 32.1. The lowest BCUT2D eigenvalue weighted by molar-refractivity contribution is 0.0938. The van der Waals surface area contributed by atoms with Gasteiger partial charge < -0.3 is 10.3 Å². The van der Waals surface area contributed by atoms with Gasteiger partial charge in [0, 0.05) is 29.7 Å². The lowest BCUT2D eigenvalue weighted by Gasteiger charge is -2.12. The van der Waals surface area contributed by atoms with E-state index in [0.29, 0.717) is 17.9 Å². The Balaban J connectivity index is 1.70. The van der Waals surface area contributed by atoms with Crippen LogP contribution >= 0.6 is 11.3 Å². The third-order valence-electron chi connectivity index (χ3n) is 3.56. The van der Waals surface area contributed by atoms with Gasteiger partial charge in [0.25, 0.3) is 11.5 Å². The summed E-state index contributed by atoms with van der Waals surface area (Å²) in [5.74, 6) is -0.111. The first-order valence-electron chi connectivity index (χ1n) is 7.76. The number of hydrogen-bond acceptors (Lipinski definition) is 6. The molecule has 3 aromatic rings. The maximum absolute atomic E-state index is 12.3. The van der Waals surface area contributed by atoms with Gasteiger partial charge in [-0.2, -0.15) is 5.10 Å². The Labute approximate surface area is 147 Å². The SMILES string of the molecule is Cc1cc(C[C@H](C)NC(=O)c2cnc(-c3csc(C)n3)[nH]c2=O)n[nH]1. The molecule has 9 heteroatoms. The molecule has 3 rings (SSSR count). The van der Waals surface area contributed by atoms with Crippen molar-refractivity contribution in [2.75, 3.05) is 0 Å². The van der Waals surface area contributed by atoms with Gasteiger partial charge >= 0.3 is 0 Å². The van der Waals surface area contributed by atoms with E-state index in [1.54, 1.807) is 5.38 Å². The number of aromatic amines is 2. The molecular formula is C16H18N6O2S. The quantitative estimate of drug-likeness (QED) is 0.640. The van der Waals surface area contributed by atoms with Crippen molar-refractivity contribution in [2.45, 2.75) is 33.2 Å². The monoisotopic (exact) mass is 358 g/mol. The molecule has 3 heterocycles. The molecule has 3 N–H and O–H groups in total. The zero-order valence-corrected chi connectivity index (χ0v) is 14.9. The van der Waals surface area contributed by atoms with Crippen LogP contribution in [0.15, 0.2) is 22.4 Å². The van der Waals surface area contributed by atoms with Crippen molar-refractivity contribution in [3.05, 3.63) is 50.0 Å². The predicted octanol–water partition coefficient (Wildman–Crippen LogP) is 1.59. The molecule has 0 aliphatic carbocycles. The summed E-state index contributed by atoms with van der Waals surface area (Å²) < 4.78 is 0. The van der Waals surface area contributed by atoms with Crippen LogP contribution in [0.5, 0.6) is 0 Å². The second-order valence-electron chi connectivity index (χ2n) is 5.85. The summed E-state index contributed by atoms with van der Waals surface area (Å²) in [6, 6.07) is 1.75. The van der Waals surface area contributed by atoms with Gasteiger partial charge in [0.2, 0.25) is 0 Å². The standard InChI is InChI=1S/C16H18N6O2S/c1-8(4-11-5-9(2)21-22-11)18-15(23)12-6-17-14(20-16(12)24)13-7-25-10(3)19-13/h5-8H,4H2,1-3H3,(H,18,23)(H,21,22)(H,17,20,24)/t8-/m0/s1. The van der Waals surface area contributed by atoms with Crippen LogP contribution in [-0.2, 0) is 6.42 Å². The van der Waals surface area contributed by atoms with E-state index in [2.05, 4.69) is 30.5 Å². The molecular weight excluding hydrogens is 340 g/mol. The lowest BCUT2D eigenvalue weighted by atomic mass is 10.1. The number of carbonyl (C=O) groups excluding carboxylic acids is 1. The van der Waals surface area contributed by atoms with Crippen molar-refractivity contribution in [3.63, 3.8) is 0 Å². The molecule has 0 fully saturated rings. The van der Waals surface area contributed by atoms with Gasteiger partial charge in [-0.25, -0.2) is 9.97 Å². The molecule has 1 atom stereocenters. The number of hydrogen-bond donors (Lipinski definition) is 3. The largest absolute Gasteiger partial charge is 0.349 e. The first kappa shape index (κ1) is 17.0. The number of amides is 1. The van der Waals surface area contributed by atoms with Crippen molar-refractivity contribution < 1.29 is 4.79 Å². The number of nitrogens with one attached hydrogen (secondary N) is 3. The maximum atomic E-state index is 12.3. The Kier molecular flexibility index (Phi) is 4.75. The number of H-pyrrole nitrogens is 2. The molecule has 130 valence electrons. The molecule has 0 unspecified atom stereocenters. The van der Waals surface area contributed by atoms with Gasteiger partial charge in [0.1, 0.15) is 11.3 Å². The summed E-state index contributed by atoms with van der Waals surface area (Å²) in [7, 11) is 0. The minimum absolute atomic E-state index is 0.0271. The highest BCUT2D eigenvalue weighted by Gasteiger charge is 2.16. The van der Waals surface area contributed by atoms with Crippen LogP contribution < -0.4 is 10.9 Å². The van der Waals surface area contributed by atoms with Crippen LogP contribution in [0.2, 0.25) is 0 Å². The van der Waals surface area contributed by atoms with Crippen LogP contribution in [0, 0.1) is 13.8 Å². The second kappa shape index (κ2) is 6.98. The highest BCUT2D eigenvalue weighted by molar-refractivity contribution is 7.09. The lowest BCUT2D eigenvalue weighted by Crippen LogP contribution is -2.37. The molecule has 3 aromatic heterocycles. The average molecular weight is 358 g/mol. The van der Waals surface area contributed by atoms with Gasteiger partial charge in [-0.1, -0.05) is 0 Å². The maximum Gasteiger partial charge on any atom is 0.264 e. The van der Waals surface area contributed by atoms with E-state index in [0.717, 1.165) is 16.4 Å². The van der Waals surface area contributed by atoms with E-state index in [4.69, 9.17) is 0 Å². The first-order chi connectivity index (χ1) is 11.9. The van der Waals surface area contributed by atoms with Crippen LogP contribution in [0.4, 0.5) is 0 Å². The molecule has 0 saturated heterocycles. The third kappa shape index (κ3) is 4.00. The zero-order chi connectivity index (χ0) is 18.0. The predicted molar refractivity (Wildman–Crippen MR) is 94.7 cm³/mol. The van der Waals surface area contributed by atoms with Crippen LogP contribution in [0.1, 0.15) is 33.7 Å². The molecule has 0 radical (unpaired) electrons. The average Bonchev–Trinajstić information content (AvgIpc) is 3.15. The fraction of sp³-hybridized carbons (Fsp3) is 0.312. The molecule has 1 amide bonds. The fourth-order valence-electron chi connectivity index (χ4n) is 2.40. The van der Waals surface area contributed by atoms with E-state index in [1.807, 2.05) is 26.8 Å². The molecule has 0 saturated carbocycles. The summed E-state index contributed by atoms with van der Waals surface area (Å²) >= 11 is 1.47. The molecule has 0 aromatic carbocycles. The summed E-state index contributed by atoms with van der Waals surface area (Å²) in [6.07, 6.45) is 1.85. The molecule has 0 spiro atoms. The third-order valence-corrected chi connectivity index (χ3v) is 4.33. The number of aromatic nitrogens is 5. The fourth-order valence-corrected chi connectivity index (χ4v) is 3.00. The van der Waals surface area contributed by atoms with E-state index in [-0.39, 0.29) is 11.6 Å². The highest BCUT2D eigenvalue weighted by Crippen LogP contribution is 2.16. The Hall–Kier alpha value is -2.81. The minimum atomic E-state index is -0.490. The Morgan fingerprint density at radius 3 is 2.80 bits per heavy atom. The van der Waals surface area contributed by atoms with Gasteiger partial charge in [-0.15, -0.1) is 11.3 Å². The number of rotatable bonds is 5. The smallest absolute Gasteiger partial charge is 0.264 e. The molecule has 0 aliphatic rings. The Morgan fingerprint density at radius 1 is 1.40 bits per heavy atom. The molecule has 25 heavy (non-hydrogen) atoms. The summed E-state index contributed by atoms with van der Waals surface area (Å²) in [4.78, 5) is 35.5. The van der Waals surface area contributed by atoms with Crippen molar-refractivity contribution in [2.24, 2.45) is 0 Å². The van der Waals surface area contributed by atoms with Crippen LogP contribution in [0.3, 0.4) is 0 Å². The topological polar surface area (TPSA) is 116 Å². The van der Waals surface area contributed by atoms with Crippen molar-refractivity contribution in [3.8, 4) is 11.5 Å². The molecule has 0 bridgehead atoms. The number of carbonyl (C=O) groups is 1. The van der Waals surface area contributed by atoms with Gasteiger partial charge in [0.15, 0.2) is 5.82 Å². The molecule has 0 aliphatic heterocycles. The zero-order valence-electron chi connectivity index (χ0n) is 14.1. The number of aryl methyl sites for hydroxylation is 2. The normalized spacial score (nSPS) is 12.1. The minimum Gasteiger partial charge on any atom is -0.349 e. The van der Waals surface area contributed by atoms with Gasteiger partial charge in [-0.3, -0.25) is 14.7 Å². The van der Waals surface area contributed by atoms with E-state index in [1.165, 1.54) is 17.5 Å². The van der Waals surface area contributed by atoms with Gasteiger partial charge in [-0.05, 0) is 26.8 Å². The first-order valence-corrected chi connectivity index (χ1v) is 8.64. The van der Waals surface area contributed by atoms with Crippen molar-refractivity contribution >= 4 is 17.2 Å². The van der Waals surface area contributed by atoms with Crippen molar-refractivity contribution in [1.82, 2.24) is 30.5 Å². The van der Waals surface area contributed by atoms with E-state index in [9.17, 15) is 9.59 Å². The number of thiazole rings is 1. The summed E-state index contributed by atoms with van der Waals surface area (Å²) in [5.41, 5.74) is 1.89. The Morgan fingerprint density at radius 2 is 2.20 bits per heavy atom. The number of nitrogens with zero attached hydrogens (tertiary/aromatic N) is 3. The van der Waals surface area contributed by atoms with Crippen LogP contribution in [0.25, 0.3) is 11.5 Å². The van der Waals surface area contributed by atoms with Crippen LogP contribution in [-0.4, -0.2) is 37.1 Å². The van der Waals surface area contributed by atoms with Gasteiger partial charge in [0.05, 0.1) is 10.7 Å². The molecule has 8 nitrogen and oxygen atoms in total. The summed E-state index contributed by atoms with van der Waals surface area (Å²) in [5, 5.41) is 12.5.